The maximum absolute atomic E-state index is 11.7. The lowest BCUT2D eigenvalue weighted by Crippen LogP contribution is -2.35. The van der Waals surface area contributed by atoms with Crippen LogP contribution >= 0.6 is 0 Å². The highest BCUT2D eigenvalue weighted by molar-refractivity contribution is 5.75. The van der Waals surface area contributed by atoms with Crippen LogP contribution in [0, 0.1) is 0 Å². The molecule has 1 rings (SSSR count). The molecule has 0 aliphatic heterocycles. The summed E-state index contributed by atoms with van der Waals surface area (Å²) in [5, 5.41) is 11.6. The van der Waals surface area contributed by atoms with Gasteiger partial charge in [0.1, 0.15) is 18.7 Å². The Kier molecular flexibility index (Phi) is 7.42. The van der Waals surface area contributed by atoms with Crippen LogP contribution in [0.2, 0.25) is 0 Å². The molecule has 21 heavy (non-hydrogen) atoms. The first-order valence-corrected chi connectivity index (χ1v) is 6.90. The number of carboxylic acid groups (broad SMARTS) is 1. The first kappa shape index (κ1) is 17.1. The quantitative estimate of drug-likeness (QED) is 0.585. The number of carbonyl (C=O) groups excluding carboxylic acids is 1. The molecule has 0 saturated carbocycles. The average Bonchev–Trinajstić information content (AvgIpc) is 2.49. The van der Waals surface area contributed by atoms with E-state index in [4.69, 9.17) is 15.6 Å². The zero-order chi connectivity index (χ0) is 15.7. The molecule has 0 heterocycles. The summed E-state index contributed by atoms with van der Waals surface area (Å²) in [5.41, 5.74) is 6.64. The summed E-state index contributed by atoms with van der Waals surface area (Å²) in [4.78, 5) is 22.5. The van der Waals surface area contributed by atoms with Crippen LogP contribution in [0.3, 0.4) is 0 Å². The maximum Gasteiger partial charge on any atom is 0.323 e. The number of aliphatic carboxylic acids is 1. The molecule has 0 bridgehead atoms. The topological polar surface area (TPSA) is 102 Å². The Morgan fingerprint density at radius 2 is 1.95 bits per heavy atom. The molecular weight excluding hydrogens is 272 g/mol. The van der Waals surface area contributed by atoms with Gasteiger partial charge in [-0.05, 0) is 31.9 Å². The van der Waals surface area contributed by atoms with Gasteiger partial charge in [-0.25, -0.2) is 0 Å². The van der Waals surface area contributed by atoms with E-state index in [0.29, 0.717) is 19.3 Å². The van der Waals surface area contributed by atoms with Crippen molar-refractivity contribution in [2.75, 3.05) is 7.05 Å². The third-order valence-electron chi connectivity index (χ3n) is 3.18. The Balaban J connectivity index is 2.26. The third kappa shape index (κ3) is 6.37. The lowest BCUT2D eigenvalue weighted by molar-refractivity contribution is -0.146. The smallest absolute Gasteiger partial charge is 0.323 e. The van der Waals surface area contributed by atoms with E-state index in [1.807, 2.05) is 30.3 Å². The molecule has 0 spiro atoms. The molecule has 0 fully saturated rings. The number of ether oxygens (including phenoxy) is 1. The largest absolute Gasteiger partial charge is 0.480 e. The summed E-state index contributed by atoms with van der Waals surface area (Å²) < 4.78 is 5.13. The fourth-order valence-corrected chi connectivity index (χ4v) is 1.89. The van der Waals surface area contributed by atoms with Crippen molar-refractivity contribution in [2.45, 2.75) is 38.0 Å². The molecule has 0 amide bonds. The van der Waals surface area contributed by atoms with Gasteiger partial charge in [0.2, 0.25) is 0 Å². The molecule has 0 aliphatic carbocycles. The number of carboxylic acids is 1. The van der Waals surface area contributed by atoms with Crippen LogP contribution in [0.15, 0.2) is 30.3 Å². The maximum atomic E-state index is 11.7. The molecule has 4 N–H and O–H groups in total. The predicted molar refractivity (Wildman–Crippen MR) is 78.5 cm³/mol. The molecule has 1 unspecified atom stereocenters. The van der Waals surface area contributed by atoms with Crippen molar-refractivity contribution in [2.24, 2.45) is 5.73 Å². The minimum Gasteiger partial charge on any atom is -0.480 e. The Labute approximate surface area is 124 Å². The average molecular weight is 294 g/mol. The molecular formula is C15H22N2O4. The van der Waals surface area contributed by atoms with E-state index in [-0.39, 0.29) is 6.61 Å². The molecule has 1 aromatic rings. The summed E-state index contributed by atoms with van der Waals surface area (Å²) in [7, 11) is 1.59. The van der Waals surface area contributed by atoms with Crippen LogP contribution in [-0.2, 0) is 20.9 Å². The van der Waals surface area contributed by atoms with Gasteiger partial charge in [0.25, 0.3) is 0 Å². The highest BCUT2D eigenvalue weighted by atomic mass is 16.5. The molecule has 0 radical (unpaired) electrons. The van der Waals surface area contributed by atoms with E-state index in [1.165, 1.54) is 0 Å². The van der Waals surface area contributed by atoms with Crippen molar-refractivity contribution < 1.29 is 19.4 Å². The number of esters is 1. The predicted octanol–water partition coefficient (Wildman–Crippen LogP) is 0.900. The van der Waals surface area contributed by atoms with Crippen molar-refractivity contribution in [1.82, 2.24) is 5.32 Å². The number of carbonyl (C=O) groups is 2. The zero-order valence-electron chi connectivity index (χ0n) is 12.1. The van der Waals surface area contributed by atoms with Crippen molar-refractivity contribution >= 4 is 11.9 Å². The van der Waals surface area contributed by atoms with Gasteiger partial charge in [0, 0.05) is 0 Å². The first-order chi connectivity index (χ1) is 10.0. The molecule has 1 aromatic carbocycles. The van der Waals surface area contributed by atoms with Crippen LogP contribution < -0.4 is 11.1 Å². The fraction of sp³-hybridized carbons (Fsp3) is 0.467. The van der Waals surface area contributed by atoms with Crippen molar-refractivity contribution in [3.8, 4) is 0 Å². The summed E-state index contributed by atoms with van der Waals surface area (Å²) in [6.07, 6.45) is 1.37. The fourth-order valence-electron chi connectivity index (χ4n) is 1.89. The van der Waals surface area contributed by atoms with Gasteiger partial charge in [0.15, 0.2) is 0 Å². The van der Waals surface area contributed by atoms with Crippen LogP contribution in [-0.4, -0.2) is 36.2 Å². The Hall–Kier alpha value is -1.92. The molecule has 2 atom stereocenters. The number of nitrogens with two attached hydrogens (primary N) is 1. The number of likely N-dealkylation sites (N-methyl/N-ethyl adjacent to an activating group) is 1. The number of hydrogen-bond acceptors (Lipinski definition) is 5. The lowest BCUT2D eigenvalue weighted by Gasteiger charge is -2.14. The lowest BCUT2D eigenvalue weighted by atomic mass is 10.1. The van der Waals surface area contributed by atoms with E-state index < -0.39 is 24.0 Å². The van der Waals surface area contributed by atoms with E-state index >= 15 is 0 Å². The van der Waals surface area contributed by atoms with E-state index in [2.05, 4.69) is 5.32 Å². The van der Waals surface area contributed by atoms with Crippen molar-refractivity contribution in [1.29, 1.82) is 0 Å². The monoisotopic (exact) mass is 294 g/mol. The van der Waals surface area contributed by atoms with Gasteiger partial charge in [-0.1, -0.05) is 30.3 Å². The summed E-state index contributed by atoms with van der Waals surface area (Å²) in [6.45, 7) is 0.196. The second kappa shape index (κ2) is 9.10. The Bertz CT molecular complexity index is 450. The molecule has 116 valence electrons. The normalized spacial score (nSPS) is 13.4. The number of rotatable bonds is 9. The second-order valence-corrected chi connectivity index (χ2v) is 4.81. The molecule has 6 nitrogen and oxygen atoms in total. The number of benzene rings is 1. The second-order valence-electron chi connectivity index (χ2n) is 4.81. The minimum absolute atomic E-state index is 0.196. The van der Waals surface area contributed by atoms with E-state index in [0.717, 1.165) is 5.56 Å². The molecule has 0 aromatic heterocycles. The van der Waals surface area contributed by atoms with Gasteiger partial charge in [-0.15, -0.1) is 0 Å². The standard InChI is InChI=1S/C15H22N2O4/c1-17-13(14(18)19)9-5-8-12(16)15(20)21-10-11-6-3-2-4-7-11/h2-4,6-7,12-13,17H,5,8-10,16H2,1H3,(H,18,19)/t12?,13-/m0/s1. The van der Waals surface area contributed by atoms with Crippen LogP contribution in [0.5, 0.6) is 0 Å². The van der Waals surface area contributed by atoms with Gasteiger partial charge in [-0.2, -0.15) is 0 Å². The summed E-state index contributed by atoms with van der Waals surface area (Å²) >= 11 is 0. The van der Waals surface area contributed by atoms with E-state index in [9.17, 15) is 9.59 Å². The van der Waals surface area contributed by atoms with Crippen LogP contribution in [0.25, 0.3) is 0 Å². The highest BCUT2D eigenvalue weighted by Gasteiger charge is 2.18. The van der Waals surface area contributed by atoms with Crippen molar-refractivity contribution in [3.63, 3.8) is 0 Å². The third-order valence-corrected chi connectivity index (χ3v) is 3.18. The van der Waals surface area contributed by atoms with Gasteiger partial charge in [-0.3, -0.25) is 9.59 Å². The SMILES string of the molecule is CN[C@@H](CCCC(N)C(=O)OCc1ccccc1)C(=O)O. The highest BCUT2D eigenvalue weighted by Crippen LogP contribution is 2.06. The van der Waals surface area contributed by atoms with E-state index in [1.54, 1.807) is 7.05 Å². The Morgan fingerprint density at radius 3 is 2.52 bits per heavy atom. The minimum atomic E-state index is -0.905. The van der Waals surface area contributed by atoms with Gasteiger partial charge in [0.05, 0.1) is 0 Å². The summed E-state index contributed by atoms with van der Waals surface area (Å²) in [5.74, 6) is -1.37. The Morgan fingerprint density at radius 1 is 1.29 bits per heavy atom. The molecule has 0 aliphatic rings. The van der Waals surface area contributed by atoms with Gasteiger partial charge >= 0.3 is 11.9 Å². The van der Waals surface area contributed by atoms with Gasteiger partial charge < -0.3 is 20.9 Å². The number of hydrogen-bond donors (Lipinski definition) is 3. The zero-order valence-corrected chi connectivity index (χ0v) is 12.1. The van der Waals surface area contributed by atoms with Crippen LogP contribution in [0.1, 0.15) is 24.8 Å². The first-order valence-electron chi connectivity index (χ1n) is 6.90. The molecule has 6 heteroatoms. The number of nitrogens with one attached hydrogen (secondary N) is 1. The molecule has 0 saturated heterocycles. The van der Waals surface area contributed by atoms with Crippen LogP contribution in [0.4, 0.5) is 0 Å². The summed E-state index contributed by atoms with van der Waals surface area (Å²) in [6, 6.07) is 8.02. The van der Waals surface area contributed by atoms with Crippen molar-refractivity contribution in [3.05, 3.63) is 35.9 Å².